The van der Waals surface area contributed by atoms with Crippen LogP contribution in [0.1, 0.15) is 35.3 Å². The third-order valence-electron chi connectivity index (χ3n) is 5.17. The number of nitrogens with one attached hydrogen (secondary N) is 2. The predicted octanol–water partition coefficient (Wildman–Crippen LogP) is 3.05. The average Bonchev–Trinajstić information content (AvgIpc) is 2.73. The Morgan fingerprint density at radius 2 is 2.03 bits per heavy atom. The topological polar surface area (TPSA) is 97.6 Å². The molecular formula is C23H22N2O5. The first-order valence-corrected chi connectivity index (χ1v) is 9.90. The monoisotopic (exact) mass is 406 g/mol. The van der Waals surface area contributed by atoms with E-state index in [1.165, 1.54) is 6.07 Å². The molecule has 0 aliphatic carbocycles. The highest BCUT2D eigenvalue weighted by molar-refractivity contribution is 6.00. The van der Waals surface area contributed by atoms with Crippen molar-refractivity contribution in [2.45, 2.75) is 32.8 Å². The molecule has 2 aromatic carbocycles. The largest absolute Gasteiger partial charge is 0.481 e. The molecule has 1 atom stereocenters. The quantitative estimate of drug-likeness (QED) is 0.635. The van der Waals surface area contributed by atoms with E-state index in [-0.39, 0.29) is 11.8 Å². The van der Waals surface area contributed by atoms with Crippen molar-refractivity contribution < 1.29 is 18.7 Å². The van der Waals surface area contributed by atoms with Crippen LogP contribution < -0.4 is 21.0 Å². The number of rotatable bonds is 5. The molecular weight excluding hydrogens is 384 g/mol. The van der Waals surface area contributed by atoms with Crippen molar-refractivity contribution in [2.24, 2.45) is 0 Å². The molecule has 0 fully saturated rings. The van der Waals surface area contributed by atoms with E-state index in [1.807, 2.05) is 19.1 Å². The second kappa shape index (κ2) is 8.02. The van der Waals surface area contributed by atoms with Crippen LogP contribution >= 0.6 is 0 Å². The van der Waals surface area contributed by atoms with Crippen molar-refractivity contribution in [1.82, 2.24) is 5.32 Å². The Balaban J connectivity index is 1.49. The lowest BCUT2D eigenvalue weighted by Crippen LogP contribution is -2.32. The van der Waals surface area contributed by atoms with Crippen LogP contribution in [0.2, 0.25) is 0 Å². The maximum atomic E-state index is 12.6. The van der Waals surface area contributed by atoms with Gasteiger partial charge in [0.05, 0.1) is 0 Å². The molecule has 0 radical (unpaired) electrons. The van der Waals surface area contributed by atoms with E-state index < -0.39 is 11.7 Å². The molecule has 2 N–H and O–H groups in total. The summed E-state index contributed by atoms with van der Waals surface area (Å²) in [5.74, 6) is -0.0675. The summed E-state index contributed by atoms with van der Waals surface area (Å²) in [6.45, 7) is 4.21. The van der Waals surface area contributed by atoms with Crippen molar-refractivity contribution in [2.75, 3.05) is 11.9 Å². The molecule has 1 aliphatic heterocycles. The maximum absolute atomic E-state index is 12.6. The zero-order chi connectivity index (χ0) is 21.3. The predicted molar refractivity (Wildman–Crippen MR) is 113 cm³/mol. The fourth-order valence-electron chi connectivity index (χ4n) is 3.57. The van der Waals surface area contributed by atoms with Crippen molar-refractivity contribution in [3.63, 3.8) is 0 Å². The van der Waals surface area contributed by atoms with Gasteiger partial charge in [0, 0.05) is 35.3 Å². The smallest absolute Gasteiger partial charge is 0.336 e. The number of aryl methyl sites for hydroxylation is 1. The van der Waals surface area contributed by atoms with E-state index in [9.17, 15) is 14.4 Å². The van der Waals surface area contributed by atoms with Crippen LogP contribution in [0.5, 0.6) is 5.75 Å². The summed E-state index contributed by atoms with van der Waals surface area (Å²) in [4.78, 5) is 36.3. The Kier molecular flexibility index (Phi) is 5.27. The minimum atomic E-state index is -0.798. The molecule has 30 heavy (non-hydrogen) atoms. The maximum Gasteiger partial charge on any atom is 0.336 e. The number of ether oxygens (including phenoxy) is 1. The van der Waals surface area contributed by atoms with Gasteiger partial charge in [0.15, 0.2) is 6.10 Å². The lowest BCUT2D eigenvalue weighted by molar-refractivity contribution is -0.122. The number of amides is 2. The Labute approximate surface area is 173 Å². The van der Waals surface area contributed by atoms with Crippen molar-refractivity contribution in [1.29, 1.82) is 0 Å². The SMILES string of the molecule is CCc1cc(=O)oc2cc(OC(C)C(=O)Nc3ccc4c(c3)C(=O)NCC4)ccc12. The van der Waals surface area contributed by atoms with Gasteiger partial charge < -0.3 is 19.8 Å². The third-order valence-corrected chi connectivity index (χ3v) is 5.17. The van der Waals surface area contributed by atoms with Crippen LogP contribution in [-0.2, 0) is 17.6 Å². The molecule has 7 nitrogen and oxygen atoms in total. The fourth-order valence-corrected chi connectivity index (χ4v) is 3.57. The standard InChI is InChI=1S/C23H22N2O5/c1-3-14-10-21(26)30-20-12-17(6-7-18(14)20)29-13(2)22(27)25-16-5-4-15-8-9-24-23(28)19(15)11-16/h4-7,10-13H,3,8-9H2,1-2H3,(H,24,28)(H,25,27). The van der Waals surface area contributed by atoms with Gasteiger partial charge in [0.2, 0.25) is 0 Å². The van der Waals surface area contributed by atoms with E-state index >= 15 is 0 Å². The lowest BCUT2D eigenvalue weighted by atomic mass is 10.00. The van der Waals surface area contributed by atoms with E-state index in [4.69, 9.17) is 9.15 Å². The zero-order valence-corrected chi connectivity index (χ0v) is 16.8. The molecule has 3 aromatic rings. The van der Waals surface area contributed by atoms with Crippen molar-refractivity contribution in [3.05, 3.63) is 69.6 Å². The molecule has 7 heteroatoms. The zero-order valence-electron chi connectivity index (χ0n) is 16.8. The number of carbonyl (C=O) groups excluding carboxylic acids is 2. The van der Waals surface area contributed by atoms with Crippen LogP contribution in [0.3, 0.4) is 0 Å². The minimum Gasteiger partial charge on any atom is -0.481 e. The molecule has 2 amide bonds. The summed E-state index contributed by atoms with van der Waals surface area (Å²) in [7, 11) is 0. The average molecular weight is 406 g/mol. The van der Waals surface area contributed by atoms with Crippen molar-refractivity contribution >= 4 is 28.5 Å². The third kappa shape index (κ3) is 3.91. The van der Waals surface area contributed by atoms with Crippen LogP contribution in [0.4, 0.5) is 5.69 Å². The number of benzene rings is 2. The summed E-state index contributed by atoms with van der Waals surface area (Å²) in [6, 6.07) is 12.0. The highest BCUT2D eigenvalue weighted by Crippen LogP contribution is 2.24. The molecule has 0 spiro atoms. The first kappa shape index (κ1) is 19.7. The number of carbonyl (C=O) groups is 2. The highest BCUT2D eigenvalue weighted by Gasteiger charge is 2.19. The molecule has 2 heterocycles. The van der Waals surface area contributed by atoms with Gasteiger partial charge in [0.1, 0.15) is 11.3 Å². The van der Waals surface area contributed by atoms with E-state index in [0.29, 0.717) is 35.5 Å². The molecule has 0 bridgehead atoms. The van der Waals surface area contributed by atoms with Gasteiger partial charge >= 0.3 is 5.63 Å². The second-order valence-corrected chi connectivity index (χ2v) is 7.23. The minimum absolute atomic E-state index is 0.138. The van der Waals surface area contributed by atoms with Crippen LogP contribution in [0.25, 0.3) is 11.0 Å². The molecule has 1 aromatic heterocycles. The lowest BCUT2D eigenvalue weighted by Gasteiger charge is -2.19. The van der Waals surface area contributed by atoms with E-state index in [2.05, 4.69) is 10.6 Å². The Hall–Kier alpha value is -3.61. The Bertz CT molecular complexity index is 1200. The summed E-state index contributed by atoms with van der Waals surface area (Å²) in [5, 5.41) is 6.41. The summed E-state index contributed by atoms with van der Waals surface area (Å²) < 4.78 is 11.0. The number of anilines is 1. The Morgan fingerprint density at radius 1 is 1.20 bits per heavy atom. The van der Waals surface area contributed by atoms with E-state index in [1.54, 1.807) is 31.2 Å². The van der Waals surface area contributed by atoms with Gasteiger partial charge in [-0.2, -0.15) is 0 Å². The Morgan fingerprint density at radius 3 is 2.83 bits per heavy atom. The summed E-state index contributed by atoms with van der Waals surface area (Å²) >= 11 is 0. The molecule has 154 valence electrons. The first-order valence-electron chi connectivity index (χ1n) is 9.90. The molecule has 0 saturated heterocycles. The molecule has 1 unspecified atom stereocenters. The van der Waals surface area contributed by atoms with Gasteiger partial charge in [-0.15, -0.1) is 0 Å². The second-order valence-electron chi connectivity index (χ2n) is 7.23. The van der Waals surface area contributed by atoms with Crippen LogP contribution in [-0.4, -0.2) is 24.5 Å². The first-order chi connectivity index (χ1) is 14.4. The number of fused-ring (bicyclic) bond motifs is 2. The molecule has 1 aliphatic rings. The highest BCUT2D eigenvalue weighted by atomic mass is 16.5. The van der Waals surface area contributed by atoms with Crippen molar-refractivity contribution in [3.8, 4) is 5.75 Å². The van der Waals surface area contributed by atoms with Gasteiger partial charge in [-0.25, -0.2) is 4.79 Å². The van der Waals surface area contributed by atoms with Gasteiger partial charge in [0.25, 0.3) is 11.8 Å². The molecule has 0 saturated carbocycles. The summed E-state index contributed by atoms with van der Waals surface area (Å²) in [6.07, 6.45) is 0.681. The van der Waals surface area contributed by atoms with Crippen LogP contribution in [0, 0.1) is 0 Å². The van der Waals surface area contributed by atoms with Gasteiger partial charge in [-0.1, -0.05) is 13.0 Å². The van der Waals surface area contributed by atoms with Gasteiger partial charge in [-0.05, 0) is 55.2 Å². The molecule has 4 rings (SSSR count). The number of hydrogen-bond acceptors (Lipinski definition) is 5. The number of hydrogen-bond donors (Lipinski definition) is 2. The normalized spacial score (nSPS) is 14.0. The van der Waals surface area contributed by atoms with Gasteiger partial charge in [-0.3, -0.25) is 9.59 Å². The summed E-state index contributed by atoms with van der Waals surface area (Å²) in [5.41, 5.74) is 2.97. The van der Waals surface area contributed by atoms with Crippen LogP contribution in [0.15, 0.2) is 51.7 Å². The fraction of sp³-hybridized carbons (Fsp3) is 0.261. The van der Waals surface area contributed by atoms with E-state index in [0.717, 1.165) is 22.9 Å².